The van der Waals surface area contributed by atoms with E-state index in [4.69, 9.17) is 47.2 Å². The lowest BCUT2D eigenvalue weighted by Crippen LogP contribution is -2.55. The molecule has 0 fully saturated rings. The van der Waals surface area contributed by atoms with E-state index in [-0.39, 0.29) is 42.3 Å². The van der Waals surface area contributed by atoms with Gasteiger partial charge in [0, 0.05) is 13.0 Å². The Hall–Kier alpha value is -6.37. The van der Waals surface area contributed by atoms with E-state index in [0.29, 0.717) is 56.2 Å². The quantitative estimate of drug-likeness (QED) is 0.121. The SMILES string of the molecule is Cc1noc(C)c1S(=O)(=O)N1Cc2cc3c(cc2C[C@H]1C(=O)NC(Cc1ccc(-c2ccc(C#N)cc2)cc1)C(=O)O)OC[C@H](c1ccc(OCc2ccc(Cl)c(Cl)c2)cc1)O3. The first-order valence-electron chi connectivity index (χ1n) is 19.5. The molecule has 5 aromatic carbocycles. The van der Waals surface area contributed by atoms with E-state index in [1.165, 1.54) is 13.8 Å². The molecule has 62 heavy (non-hydrogen) atoms. The molecule has 13 nitrogen and oxygen atoms in total. The molecule has 316 valence electrons. The Morgan fingerprint density at radius 2 is 1.60 bits per heavy atom. The van der Waals surface area contributed by atoms with Crippen molar-refractivity contribution in [1.29, 1.82) is 5.26 Å². The molecule has 1 aromatic heterocycles. The highest BCUT2D eigenvalue weighted by molar-refractivity contribution is 7.89. The van der Waals surface area contributed by atoms with Gasteiger partial charge in [-0.15, -0.1) is 0 Å². The third-order valence-electron chi connectivity index (χ3n) is 10.8. The van der Waals surface area contributed by atoms with Crippen LogP contribution in [0.4, 0.5) is 0 Å². The second-order valence-corrected chi connectivity index (χ2v) is 17.6. The molecule has 6 aromatic rings. The zero-order valence-electron chi connectivity index (χ0n) is 33.3. The lowest BCUT2D eigenvalue weighted by Gasteiger charge is -2.36. The van der Waals surface area contributed by atoms with Gasteiger partial charge < -0.3 is 29.2 Å². The van der Waals surface area contributed by atoms with Crippen LogP contribution in [-0.4, -0.2) is 53.6 Å². The minimum atomic E-state index is -4.42. The molecule has 3 atom stereocenters. The fraction of sp³-hybridized carbons (Fsp3) is 0.217. The lowest BCUT2D eigenvalue weighted by molar-refractivity contribution is -0.142. The number of nitriles is 1. The second-order valence-electron chi connectivity index (χ2n) is 15.0. The monoisotopic (exact) mass is 892 g/mol. The lowest BCUT2D eigenvalue weighted by atomic mass is 9.93. The minimum Gasteiger partial charge on any atom is -0.489 e. The molecule has 0 saturated carbocycles. The van der Waals surface area contributed by atoms with Gasteiger partial charge in [-0.3, -0.25) is 4.79 Å². The third-order valence-corrected chi connectivity index (χ3v) is 13.7. The summed E-state index contributed by atoms with van der Waals surface area (Å²) in [6.07, 6.45) is -0.642. The molecule has 3 heterocycles. The van der Waals surface area contributed by atoms with Gasteiger partial charge in [-0.05, 0) is 108 Å². The highest BCUT2D eigenvalue weighted by Crippen LogP contribution is 2.42. The van der Waals surface area contributed by atoms with Crippen molar-refractivity contribution < 1.29 is 41.8 Å². The average Bonchev–Trinajstić information content (AvgIpc) is 3.63. The number of halogens is 2. The number of aryl methyl sites for hydroxylation is 2. The molecule has 1 amide bonds. The van der Waals surface area contributed by atoms with Gasteiger partial charge in [0.05, 0.1) is 21.7 Å². The molecule has 2 aliphatic rings. The van der Waals surface area contributed by atoms with Gasteiger partial charge in [0.15, 0.2) is 23.4 Å². The summed E-state index contributed by atoms with van der Waals surface area (Å²) in [5, 5.41) is 26.8. The molecule has 0 bridgehead atoms. The van der Waals surface area contributed by atoms with Crippen molar-refractivity contribution in [3.05, 3.63) is 158 Å². The molecule has 2 N–H and O–H groups in total. The average molecular weight is 894 g/mol. The molecule has 0 saturated heterocycles. The predicted molar refractivity (Wildman–Crippen MR) is 229 cm³/mol. The smallest absolute Gasteiger partial charge is 0.326 e. The van der Waals surface area contributed by atoms with Gasteiger partial charge in [0.25, 0.3) is 0 Å². The number of carbonyl (C=O) groups is 2. The number of fused-ring (bicyclic) bond motifs is 2. The van der Waals surface area contributed by atoms with E-state index in [9.17, 15) is 23.1 Å². The number of benzene rings is 5. The van der Waals surface area contributed by atoms with Gasteiger partial charge in [-0.25, -0.2) is 13.2 Å². The Kier molecular flexibility index (Phi) is 12.0. The zero-order chi connectivity index (χ0) is 43.7. The Balaban J connectivity index is 1.01. The Morgan fingerprint density at radius 1 is 0.919 bits per heavy atom. The number of carboxylic acid groups (broad SMARTS) is 1. The van der Waals surface area contributed by atoms with Crippen LogP contribution in [0.15, 0.2) is 113 Å². The first-order valence-corrected chi connectivity index (χ1v) is 21.7. The van der Waals surface area contributed by atoms with Gasteiger partial charge in [-0.1, -0.05) is 83.0 Å². The maximum atomic E-state index is 14.5. The van der Waals surface area contributed by atoms with Crippen molar-refractivity contribution in [2.24, 2.45) is 0 Å². The molecule has 16 heteroatoms. The number of rotatable bonds is 12. The van der Waals surface area contributed by atoms with E-state index in [0.717, 1.165) is 26.6 Å². The summed E-state index contributed by atoms with van der Waals surface area (Å²) in [5.41, 5.74) is 5.94. The first kappa shape index (κ1) is 42.3. The summed E-state index contributed by atoms with van der Waals surface area (Å²) in [7, 11) is -4.42. The van der Waals surface area contributed by atoms with Crippen LogP contribution in [0.5, 0.6) is 17.2 Å². The highest BCUT2D eigenvalue weighted by atomic mass is 35.5. The molecule has 2 aliphatic heterocycles. The van der Waals surface area contributed by atoms with E-state index >= 15 is 0 Å². The summed E-state index contributed by atoms with van der Waals surface area (Å²) >= 11 is 12.2. The zero-order valence-corrected chi connectivity index (χ0v) is 35.6. The van der Waals surface area contributed by atoms with Crippen LogP contribution in [0.25, 0.3) is 11.1 Å². The van der Waals surface area contributed by atoms with Gasteiger partial charge in [0.2, 0.25) is 15.9 Å². The molecule has 0 radical (unpaired) electrons. The molecule has 1 unspecified atom stereocenters. The van der Waals surface area contributed by atoms with Crippen LogP contribution < -0.4 is 19.5 Å². The number of nitrogens with zero attached hydrogens (tertiary/aromatic N) is 3. The Labute approximate surface area is 367 Å². The maximum absolute atomic E-state index is 14.5. The highest BCUT2D eigenvalue weighted by Gasteiger charge is 2.43. The fourth-order valence-corrected chi connectivity index (χ4v) is 9.76. The molecule has 0 spiro atoms. The number of hydrogen-bond acceptors (Lipinski definition) is 10. The number of amides is 1. The van der Waals surface area contributed by atoms with Gasteiger partial charge in [-0.2, -0.15) is 9.57 Å². The number of aromatic nitrogens is 1. The van der Waals surface area contributed by atoms with Crippen molar-refractivity contribution in [2.75, 3.05) is 6.61 Å². The summed E-state index contributed by atoms with van der Waals surface area (Å²) < 4.78 is 53.7. The number of nitrogens with one attached hydrogen (secondary N) is 1. The third kappa shape index (κ3) is 8.84. The van der Waals surface area contributed by atoms with Crippen LogP contribution in [0.1, 0.15) is 50.9 Å². The largest absolute Gasteiger partial charge is 0.489 e. The Bertz CT molecular complexity index is 2810. The molecule has 0 aliphatic carbocycles. The van der Waals surface area contributed by atoms with Crippen LogP contribution in [0.3, 0.4) is 0 Å². The first-order chi connectivity index (χ1) is 29.8. The fourth-order valence-electron chi connectivity index (χ4n) is 7.58. The van der Waals surface area contributed by atoms with Gasteiger partial charge in [0.1, 0.15) is 41.6 Å². The summed E-state index contributed by atoms with van der Waals surface area (Å²) in [6.45, 7) is 3.21. The van der Waals surface area contributed by atoms with Crippen molar-refractivity contribution >= 4 is 45.1 Å². The van der Waals surface area contributed by atoms with Crippen molar-refractivity contribution in [1.82, 2.24) is 14.8 Å². The van der Waals surface area contributed by atoms with E-state index in [1.807, 2.05) is 54.6 Å². The van der Waals surface area contributed by atoms with Crippen LogP contribution in [0, 0.1) is 25.2 Å². The summed E-state index contributed by atoms with van der Waals surface area (Å²) in [5.74, 6) is -0.563. The number of hydrogen-bond donors (Lipinski definition) is 2. The Morgan fingerprint density at radius 3 is 2.24 bits per heavy atom. The van der Waals surface area contributed by atoms with Crippen LogP contribution >= 0.6 is 23.2 Å². The number of aliphatic carboxylic acids is 1. The number of carbonyl (C=O) groups excluding carboxylic acids is 1. The standard InChI is InChI=1S/C46H38Cl2N4O9S/c1-26-44(27(2)61-51-26)62(56,57)52-23-35-21-42-41(59-25-43(60-42)33-12-14-36(15-13-33)58-24-30-7-16-37(47)38(48)17-30)20-34(35)19-40(52)45(53)50-39(46(54)55)18-28-3-8-31(9-4-28)32-10-5-29(22-49)6-11-32/h3-17,20-21,39-40,43H,18-19,23-25H2,1-2H3,(H,50,53)(H,54,55)/t39?,40-,43+/m0/s1. The molecular weight excluding hydrogens is 855 g/mol. The van der Waals surface area contributed by atoms with Gasteiger partial charge >= 0.3 is 5.97 Å². The maximum Gasteiger partial charge on any atom is 0.326 e. The predicted octanol–water partition coefficient (Wildman–Crippen LogP) is 8.16. The van der Waals surface area contributed by atoms with Crippen molar-refractivity contribution in [3.8, 4) is 34.4 Å². The normalized spacial score (nSPS) is 16.4. The van der Waals surface area contributed by atoms with Crippen LogP contribution in [-0.2, 0) is 45.6 Å². The van der Waals surface area contributed by atoms with E-state index in [2.05, 4.69) is 16.5 Å². The van der Waals surface area contributed by atoms with Crippen molar-refractivity contribution in [2.45, 2.75) is 62.9 Å². The number of sulfonamides is 1. The molecule has 8 rings (SSSR count). The molecular formula is C46H38Cl2N4O9S. The second kappa shape index (κ2) is 17.5. The minimum absolute atomic E-state index is 0.0520. The van der Waals surface area contributed by atoms with Crippen LogP contribution in [0.2, 0.25) is 10.0 Å². The van der Waals surface area contributed by atoms with E-state index in [1.54, 1.807) is 48.5 Å². The number of carboxylic acids is 1. The van der Waals surface area contributed by atoms with E-state index < -0.39 is 40.1 Å². The topological polar surface area (TPSA) is 181 Å². The summed E-state index contributed by atoms with van der Waals surface area (Å²) in [4.78, 5) is 26.7. The van der Waals surface area contributed by atoms with Crippen molar-refractivity contribution in [3.63, 3.8) is 0 Å². The summed E-state index contributed by atoms with van der Waals surface area (Å²) in [6, 6.07) is 29.8. The number of ether oxygens (including phenoxy) is 3.